The first-order valence-corrected chi connectivity index (χ1v) is 11.1. The van der Waals surface area contributed by atoms with Crippen molar-refractivity contribution in [2.75, 3.05) is 31.5 Å². The molecule has 2 aromatic rings. The van der Waals surface area contributed by atoms with Gasteiger partial charge in [0.2, 0.25) is 0 Å². The standard InChI is InChI=1S/C24H32N4O2S/c1-5-28(6-2)16-15-25-22(29)19-11-13-21(14-12-19)26-24(31)27-23(30)20-9-7-18(8-10-20)17(3)4/h7-14,17H,5-6,15-16H2,1-4H3,(H,25,29)(H2,26,27,30,31). The van der Waals surface area contributed by atoms with Crippen LogP contribution in [-0.2, 0) is 0 Å². The molecule has 0 saturated carbocycles. The number of nitrogens with one attached hydrogen (secondary N) is 3. The number of hydrogen-bond acceptors (Lipinski definition) is 4. The smallest absolute Gasteiger partial charge is 0.257 e. The van der Waals surface area contributed by atoms with Crippen LogP contribution in [0, 0.1) is 0 Å². The van der Waals surface area contributed by atoms with E-state index in [1.807, 2.05) is 12.1 Å². The molecule has 0 radical (unpaired) electrons. The second-order valence-corrected chi connectivity index (χ2v) is 7.95. The lowest BCUT2D eigenvalue weighted by Crippen LogP contribution is -2.35. The number of nitrogens with zero attached hydrogens (tertiary/aromatic N) is 1. The topological polar surface area (TPSA) is 73.5 Å². The van der Waals surface area contributed by atoms with Crippen LogP contribution in [0.25, 0.3) is 0 Å². The lowest BCUT2D eigenvalue weighted by molar-refractivity contribution is 0.0947. The second-order valence-electron chi connectivity index (χ2n) is 7.55. The Bertz CT molecular complexity index is 875. The van der Waals surface area contributed by atoms with Crippen molar-refractivity contribution in [1.29, 1.82) is 0 Å². The Balaban J connectivity index is 1.84. The maximum atomic E-state index is 12.4. The summed E-state index contributed by atoms with van der Waals surface area (Å²) in [6.45, 7) is 11.8. The quantitative estimate of drug-likeness (QED) is 0.514. The van der Waals surface area contributed by atoms with Crippen molar-refractivity contribution in [1.82, 2.24) is 15.5 Å². The van der Waals surface area contributed by atoms with E-state index in [4.69, 9.17) is 12.2 Å². The molecule has 0 atom stereocenters. The van der Waals surface area contributed by atoms with Crippen molar-refractivity contribution in [3.05, 3.63) is 65.2 Å². The molecular formula is C24H32N4O2S. The van der Waals surface area contributed by atoms with E-state index in [1.165, 1.54) is 5.56 Å². The van der Waals surface area contributed by atoms with Crippen LogP contribution in [0.3, 0.4) is 0 Å². The number of hydrogen-bond donors (Lipinski definition) is 3. The summed E-state index contributed by atoms with van der Waals surface area (Å²) in [5.41, 5.74) is 2.99. The van der Waals surface area contributed by atoms with Crippen molar-refractivity contribution in [2.45, 2.75) is 33.6 Å². The van der Waals surface area contributed by atoms with Crippen LogP contribution < -0.4 is 16.0 Å². The number of carbonyl (C=O) groups excluding carboxylic acids is 2. The van der Waals surface area contributed by atoms with Crippen molar-refractivity contribution in [3.8, 4) is 0 Å². The summed E-state index contributed by atoms with van der Waals surface area (Å²) in [6, 6.07) is 14.4. The summed E-state index contributed by atoms with van der Waals surface area (Å²) in [4.78, 5) is 26.9. The van der Waals surface area contributed by atoms with Crippen LogP contribution in [0.1, 0.15) is 59.9 Å². The van der Waals surface area contributed by atoms with Crippen molar-refractivity contribution in [3.63, 3.8) is 0 Å². The second kappa shape index (κ2) is 12.2. The van der Waals surface area contributed by atoms with E-state index in [2.05, 4.69) is 48.5 Å². The highest BCUT2D eigenvalue weighted by molar-refractivity contribution is 7.80. The van der Waals surface area contributed by atoms with Gasteiger partial charge in [-0.25, -0.2) is 0 Å². The van der Waals surface area contributed by atoms with Gasteiger partial charge >= 0.3 is 0 Å². The van der Waals surface area contributed by atoms with Crippen LogP contribution in [0.4, 0.5) is 5.69 Å². The number of amides is 2. The number of carbonyl (C=O) groups is 2. The van der Waals surface area contributed by atoms with Crippen LogP contribution in [0.15, 0.2) is 48.5 Å². The summed E-state index contributed by atoms with van der Waals surface area (Å²) in [5.74, 6) is 0.0312. The summed E-state index contributed by atoms with van der Waals surface area (Å²) in [5, 5.41) is 8.78. The Morgan fingerprint density at radius 2 is 1.45 bits per heavy atom. The molecule has 2 amide bonds. The van der Waals surface area contributed by atoms with Crippen LogP contribution in [-0.4, -0.2) is 48.0 Å². The molecule has 0 aliphatic carbocycles. The van der Waals surface area contributed by atoms with Gasteiger partial charge in [0.25, 0.3) is 11.8 Å². The number of likely N-dealkylation sites (N-methyl/N-ethyl adjacent to an activating group) is 1. The van der Waals surface area contributed by atoms with Gasteiger partial charge < -0.3 is 15.5 Å². The fraction of sp³-hybridized carbons (Fsp3) is 0.375. The summed E-state index contributed by atoms with van der Waals surface area (Å²) >= 11 is 5.24. The number of benzene rings is 2. The maximum absolute atomic E-state index is 12.4. The predicted octanol–water partition coefficient (Wildman–Crippen LogP) is 4.01. The fourth-order valence-electron chi connectivity index (χ4n) is 3.03. The first-order chi connectivity index (χ1) is 14.8. The lowest BCUT2D eigenvalue weighted by atomic mass is 10.0. The highest BCUT2D eigenvalue weighted by Gasteiger charge is 2.10. The highest BCUT2D eigenvalue weighted by atomic mass is 32.1. The monoisotopic (exact) mass is 440 g/mol. The number of anilines is 1. The zero-order valence-corrected chi connectivity index (χ0v) is 19.5. The van der Waals surface area contributed by atoms with E-state index in [0.29, 0.717) is 29.3 Å². The minimum absolute atomic E-state index is 0.112. The molecule has 2 rings (SSSR count). The van der Waals surface area contributed by atoms with Gasteiger partial charge in [-0.2, -0.15) is 0 Å². The van der Waals surface area contributed by atoms with Gasteiger partial charge in [0.1, 0.15) is 0 Å². The van der Waals surface area contributed by atoms with E-state index in [-0.39, 0.29) is 16.9 Å². The lowest BCUT2D eigenvalue weighted by Gasteiger charge is -2.18. The van der Waals surface area contributed by atoms with Gasteiger partial charge in [0, 0.05) is 29.9 Å². The minimum atomic E-state index is -0.267. The molecule has 166 valence electrons. The molecule has 3 N–H and O–H groups in total. The normalized spacial score (nSPS) is 10.8. The molecule has 0 aliphatic heterocycles. The SMILES string of the molecule is CCN(CC)CCNC(=O)c1ccc(NC(=S)NC(=O)c2ccc(C(C)C)cc2)cc1. The average molecular weight is 441 g/mol. The van der Waals surface area contributed by atoms with Gasteiger partial charge in [0.15, 0.2) is 5.11 Å². The molecule has 7 heteroatoms. The highest BCUT2D eigenvalue weighted by Crippen LogP contribution is 2.15. The zero-order valence-electron chi connectivity index (χ0n) is 18.7. The van der Waals surface area contributed by atoms with Crippen LogP contribution >= 0.6 is 12.2 Å². The van der Waals surface area contributed by atoms with Gasteiger partial charge in [-0.1, -0.05) is 39.8 Å². The molecule has 2 aromatic carbocycles. The zero-order chi connectivity index (χ0) is 22.8. The first kappa shape index (κ1) is 24.5. The van der Waals surface area contributed by atoms with Crippen LogP contribution in [0.2, 0.25) is 0 Å². The van der Waals surface area contributed by atoms with Gasteiger partial charge in [-0.05, 0) is 73.2 Å². The molecule has 0 saturated heterocycles. The molecule has 0 fully saturated rings. The van der Waals surface area contributed by atoms with E-state index >= 15 is 0 Å². The predicted molar refractivity (Wildman–Crippen MR) is 131 cm³/mol. The third-order valence-electron chi connectivity index (χ3n) is 5.08. The average Bonchev–Trinajstić information content (AvgIpc) is 2.77. The van der Waals surface area contributed by atoms with Crippen molar-refractivity contribution < 1.29 is 9.59 Å². The Labute approximate surface area is 190 Å². The Morgan fingerprint density at radius 3 is 2.00 bits per heavy atom. The number of rotatable bonds is 9. The number of thiocarbonyl (C=S) groups is 1. The molecule has 0 unspecified atom stereocenters. The minimum Gasteiger partial charge on any atom is -0.351 e. The third-order valence-corrected chi connectivity index (χ3v) is 5.28. The summed E-state index contributed by atoms with van der Waals surface area (Å²) < 4.78 is 0. The molecule has 0 bridgehead atoms. The molecular weight excluding hydrogens is 408 g/mol. The molecule has 0 aromatic heterocycles. The molecule has 0 spiro atoms. The van der Waals surface area contributed by atoms with Crippen molar-refractivity contribution in [2.24, 2.45) is 0 Å². The van der Waals surface area contributed by atoms with Crippen molar-refractivity contribution >= 4 is 34.8 Å². The summed E-state index contributed by atoms with van der Waals surface area (Å²) in [6.07, 6.45) is 0. The van der Waals surface area contributed by atoms with E-state index in [0.717, 1.165) is 19.6 Å². The summed E-state index contributed by atoms with van der Waals surface area (Å²) in [7, 11) is 0. The van der Waals surface area contributed by atoms with Gasteiger partial charge in [-0.15, -0.1) is 0 Å². The maximum Gasteiger partial charge on any atom is 0.257 e. The fourth-order valence-corrected chi connectivity index (χ4v) is 3.24. The first-order valence-electron chi connectivity index (χ1n) is 10.7. The van der Waals surface area contributed by atoms with E-state index < -0.39 is 0 Å². The van der Waals surface area contributed by atoms with E-state index in [1.54, 1.807) is 36.4 Å². The Kier molecular flexibility index (Phi) is 9.62. The van der Waals surface area contributed by atoms with E-state index in [9.17, 15) is 9.59 Å². The largest absolute Gasteiger partial charge is 0.351 e. The van der Waals surface area contributed by atoms with Crippen LogP contribution in [0.5, 0.6) is 0 Å². The third kappa shape index (κ3) is 7.77. The van der Waals surface area contributed by atoms with Gasteiger partial charge in [-0.3, -0.25) is 14.9 Å². The Morgan fingerprint density at radius 1 is 0.903 bits per heavy atom. The molecule has 31 heavy (non-hydrogen) atoms. The molecule has 6 nitrogen and oxygen atoms in total. The Hall–Kier alpha value is -2.77. The molecule has 0 aliphatic rings. The molecule has 0 heterocycles. The van der Waals surface area contributed by atoms with Gasteiger partial charge in [0.05, 0.1) is 0 Å².